The largest absolute Gasteiger partial charge is 0.497 e. The van der Waals surface area contributed by atoms with E-state index in [9.17, 15) is 9.59 Å². The van der Waals surface area contributed by atoms with Crippen LogP contribution in [0.25, 0.3) is 0 Å². The number of nitrogens with one attached hydrogen (secondary N) is 1. The van der Waals surface area contributed by atoms with Crippen molar-refractivity contribution in [1.82, 2.24) is 0 Å². The van der Waals surface area contributed by atoms with Crippen LogP contribution >= 0.6 is 11.6 Å². The van der Waals surface area contributed by atoms with Gasteiger partial charge in [0, 0.05) is 11.4 Å². The molecular formula is C17H16ClNO4. The number of rotatable bonds is 6. The number of ether oxygens (including phenoxy) is 1. The Morgan fingerprint density at radius 1 is 1.17 bits per heavy atom. The number of methoxy groups -OCH3 is 1. The molecule has 2 aromatic rings. The molecule has 0 bridgehead atoms. The number of benzene rings is 2. The third-order valence-electron chi connectivity index (χ3n) is 3.29. The van der Waals surface area contributed by atoms with Gasteiger partial charge in [-0.25, -0.2) is 4.79 Å². The molecule has 0 aromatic heterocycles. The molecule has 2 rings (SSSR count). The zero-order chi connectivity index (χ0) is 16.8. The molecule has 1 amide bonds. The maximum atomic E-state index is 12.0. The lowest BCUT2D eigenvalue weighted by Crippen LogP contribution is -2.15. The van der Waals surface area contributed by atoms with Crippen molar-refractivity contribution in [1.29, 1.82) is 0 Å². The van der Waals surface area contributed by atoms with E-state index >= 15 is 0 Å². The summed E-state index contributed by atoms with van der Waals surface area (Å²) in [6.45, 7) is 0. The Bertz CT molecular complexity index is 713. The van der Waals surface area contributed by atoms with Crippen LogP contribution in [0.5, 0.6) is 5.75 Å². The number of hydrogen-bond donors (Lipinski definition) is 2. The number of carbonyl (C=O) groups is 2. The highest BCUT2D eigenvalue weighted by atomic mass is 35.5. The van der Waals surface area contributed by atoms with Crippen molar-refractivity contribution in [3.63, 3.8) is 0 Å². The molecule has 0 atom stereocenters. The van der Waals surface area contributed by atoms with Gasteiger partial charge in [0.1, 0.15) is 5.75 Å². The zero-order valence-electron chi connectivity index (χ0n) is 12.5. The SMILES string of the molecule is COc1ccc(CCC(=O)Nc2cc(Cl)ccc2C(=O)O)cc1. The number of carboxylic acid groups (broad SMARTS) is 1. The minimum Gasteiger partial charge on any atom is -0.497 e. The van der Waals surface area contributed by atoms with Gasteiger partial charge in [-0.05, 0) is 42.3 Å². The van der Waals surface area contributed by atoms with Crippen LogP contribution in [0.1, 0.15) is 22.3 Å². The summed E-state index contributed by atoms with van der Waals surface area (Å²) in [6, 6.07) is 11.7. The third-order valence-corrected chi connectivity index (χ3v) is 3.52. The summed E-state index contributed by atoms with van der Waals surface area (Å²) in [7, 11) is 1.59. The number of halogens is 1. The number of hydrogen-bond acceptors (Lipinski definition) is 3. The van der Waals surface area contributed by atoms with Crippen molar-refractivity contribution in [3.8, 4) is 5.75 Å². The monoisotopic (exact) mass is 333 g/mol. The smallest absolute Gasteiger partial charge is 0.337 e. The molecule has 0 aliphatic carbocycles. The molecule has 0 spiro atoms. The number of anilines is 1. The van der Waals surface area contributed by atoms with E-state index in [1.165, 1.54) is 18.2 Å². The number of aryl methyl sites for hydroxylation is 1. The van der Waals surface area contributed by atoms with Gasteiger partial charge < -0.3 is 15.2 Å². The van der Waals surface area contributed by atoms with E-state index in [0.29, 0.717) is 11.4 Å². The fraction of sp³-hybridized carbons (Fsp3) is 0.176. The molecular weight excluding hydrogens is 318 g/mol. The second-order valence-electron chi connectivity index (χ2n) is 4.89. The van der Waals surface area contributed by atoms with Gasteiger partial charge in [-0.2, -0.15) is 0 Å². The van der Waals surface area contributed by atoms with Crippen LogP contribution < -0.4 is 10.1 Å². The Morgan fingerprint density at radius 3 is 2.48 bits per heavy atom. The Balaban J connectivity index is 1.99. The van der Waals surface area contributed by atoms with Crippen molar-refractivity contribution in [2.75, 3.05) is 12.4 Å². The average Bonchev–Trinajstić information content (AvgIpc) is 2.53. The van der Waals surface area contributed by atoms with Gasteiger partial charge >= 0.3 is 5.97 Å². The molecule has 120 valence electrons. The summed E-state index contributed by atoms with van der Waals surface area (Å²) in [5.41, 5.74) is 1.20. The summed E-state index contributed by atoms with van der Waals surface area (Å²) in [6.07, 6.45) is 0.775. The lowest BCUT2D eigenvalue weighted by Gasteiger charge is -2.09. The molecule has 6 heteroatoms. The molecule has 0 aliphatic heterocycles. The molecule has 0 heterocycles. The molecule has 0 radical (unpaired) electrons. The minimum absolute atomic E-state index is 0.00666. The fourth-order valence-corrected chi connectivity index (χ4v) is 2.24. The molecule has 0 fully saturated rings. The molecule has 0 unspecified atom stereocenters. The van der Waals surface area contributed by atoms with Crippen LogP contribution in [-0.2, 0) is 11.2 Å². The topological polar surface area (TPSA) is 75.6 Å². The standard InChI is InChI=1S/C17H16ClNO4/c1-23-13-6-2-11(3-7-13)4-9-16(20)19-15-10-12(18)5-8-14(15)17(21)22/h2-3,5-8,10H,4,9H2,1H3,(H,19,20)(H,21,22). The van der Waals surface area contributed by atoms with Gasteiger partial charge in [-0.3, -0.25) is 4.79 Å². The van der Waals surface area contributed by atoms with Crippen LogP contribution in [0.3, 0.4) is 0 Å². The fourth-order valence-electron chi connectivity index (χ4n) is 2.07. The first kappa shape index (κ1) is 16.8. The Labute approximate surface area is 138 Å². The van der Waals surface area contributed by atoms with Crippen molar-refractivity contribution in [2.45, 2.75) is 12.8 Å². The van der Waals surface area contributed by atoms with E-state index in [0.717, 1.165) is 11.3 Å². The summed E-state index contributed by atoms with van der Waals surface area (Å²) < 4.78 is 5.07. The second kappa shape index (κ2) is 7.65. The van der Waals surface area contributed by atoms with Crippen molar-refractivity contribution in [3.05, 3.63) is 58.6 Å². The van der Waals surface area contributed by atoms with E-state index in [1.807, 2.05) is 24.3 Å². The first-order valence-corrected chi connectivity index (χ1v) is 7.33. The maximum absolute atomic E-state index is 12.0. The summed E-state index contributed by atoms with van der Waals surface area (Å²) in [5.74, 6) is -0.638. The van der Waals surface area contributed by atoms with E-state index in [1.54, 1.807) is 7.11 Å². The highest BCUT2D eigenvalue weighted by Gasteiger charge is 2.13. The zero-order valence-corrected chi connectivity index (χ0v) is 13.3. The molecule has 0 saturated heterocycles. The summed E-state index contributed by atoms with van der Waals surface area (Å²) >= 11 is 5.85. The average molecular weight is 334 g/mol. The van der Waals surface area contributed by atoms with E-state index < -0.39 is 5.97 Å². The van der Waals surface area contributed by atoms with Gasteiger partial charge in [0.2, 0.25) is 5.91 Å². The van der Waals surface area contributed by atoms with Gasteiger partial charge in [0.25, 0.3) is 0 Å². The van der Waals surface area contributed by atoms with Gasteiger partial charge in [0.05, 0.1) is 18.4 Å². The molecule has 5 nitrogen and oxygen atoms in total. The molecule has 0 saturated carbocycles. The molecule has 2 aromatic carbocycles. The molecule has 0 aliphatic rings. The van der Waals surface area contributed by atoms with Crippen LogP contribution in [0.4, 0.5) is 5.69 Å². The van der Waals surface area contributed by atoms with Crippen LogP contribution in [0, 0.1) is 0 Å². The first-order valence-electron chi connectivity index (χ1n) is 6.95. The summed E-state index contributed by atoms with van der Waals surface area (Å²) in [4.78, 5) is 23.2. The quantitative estimate of drug-likeness (QED) is 0.846. The van der Waals surface area contributed by atoms with Gasteiger partial charge in [-0.15, -0.1) is 0 Å². The summed E-state index contributed by atoms with van der Waals surface area (Å²) in [5, 5.41) is 12.1. The van der Waals surface area contributed by atoms with Crippen molar-refractivity contribution < 1.29 is 19.4 Å². The van der Waals surface area contributed by atoms with Gasteiger partial charge in [-0.1, -0.05) is 23.7 Å². The molecule has 2 N–H and O–H groups in total. The molecule has 23 heavy (non-hydrogen) atoms. The number of carboxylic acids is 1. The van der Waals surface area contributed by atoms with E-state index in [-0.39, 0.29) is 23.6 Å². The van der Waals surface area contributed by atoms with E-state index in [2.05, 4.69) is 5.32 Å². The van der Waals surface area contributed by atoms with Crippen LogP contribution in [0.2, 0.25) is 5.02 Å². The Kier molecular flexibility index (Phi) is 5.60. The highest BCUT2D eigenvalue weighted by Crippen LogP contribution is 2.21. The van der Waals surface area contributed by atoms with Crippen molar-refractivity contribution >= 4 is 29.2 Å². The number of carbonyl (C=O) groups excluding carboxylic acids is 1. The lowest BCUT2D eigenvalue weighted by molar-refractivity contribution is -0.116. The van der Waals surface area contributed by atoms with Crippen LogP contribution in [-0.4, -0.2) is 24.1 Å². The normalized spacial score (nSPS) is 10.2. The Morgan fingerprint density at radius 2 is 1.87 bits per heavy atom. The van der Waals surface area contributed by atoms with Crippen LogP contribution in [0.15, 0.2) is 42.5 Å². The van der Waals surface area contributed by atoms with Gasteiger partial charge in [0.15, 0.2) is 0 Å². The number of aromatic carboxylic acids is 1. The predicted octanol–water partition coefficient (Wildman–Crippen LogP) is 3.62. The third kappa shape index (κ3) is 4.72. The lowest BCUT2D eigenvalue weighted by atomic mass is 10.1. The first-order chi connectivity index (χ1) is 11.0. The second-order valence-corrected chi connectivity index (χ2v) is 5.33. The predicted molar refractivity (Wildman–Crippen MR) is 88.4 cm³/mol. The highest BCUT2D eigenvalue weighted by molar-refractivity contribution is 6.31. The van der Waals surface area contributed by atoms with E-state index in [4.69, 9.17) is 21.4 Å². The number of amides is 1. The Hall–Kier alpha value is -2.53. The maximum Gasteiger partial charge on any atom is 0.337 e. The minimum atomic E-state index is -1.12. The van der Waals surface area contributed by atoms with Crippen molar-refractivity contribution in [2.24, 2.45) is 0 Å².